The molecule has 3 aromatic rings. The molecule has 2 aromatic carbocycles. The van der Waals surface area contributed by atoms with E-state index in [1.165, 1.54) is 28.7 Å². The van der Waals surface area contributed by atoms with Gasteiger partial charge < -0.3 is 19.9 Å². The number of piperazine rings is 1. The van der Waals surface area contributed by atoms with Crippen LogP contribution in [0.3, 0.4) is 0 Å². The van der Waals surface area contributed by atoms with E-state index in [1.54, 1.807) is 13.2 Å². The Morgan fingerprint density at radius 2 is 1.77 bits per heavy atom. The van der Waals surface area contributed by atoms with Gasteiger partial charge in [0.05, 0.1) is 25.4 Å². The molecule has 43 heavy (non-hydrogen) atoms. The number of nitrogens with one attached hydrogen (secondary N) is 1. The van der Waals surface area contributed by atoms with E-state index < -0.39 is 17.7 Å². The van der Waals surface area contributed by atoms with Crippen LogP contribution in [-0.4, -0.2) is 85.8 Å². The van der Waals surface area contributed by atoms with Gasteiger partial charge in [-0.05, 0) is 56.1 Å². The molecule has 0 aliphatic carbocycles. The van der Waals surface area contributed by atoms with Gasteiger partial charge in [-0.3, -0.25) is 9.74 Å². The number of likely N-dealkylation sites (N-methyl/N-ethyl adjacent to an activating group) is 1. The largest absolute Gasteiger partial charge is 0.494 e. The van der Waals surface area contributed by atoms with E-state index in [0.717, 1.165) is 82.1 Å². The van der Waals surface area contributed by atoms with Gasteiger partial charge in [-0.2, -0.15) is 0 Å². The summed E-state index contributed by atoms with van der Waals surface area (Å²) in [5, 5.41) is 4.94. The van der Waals surface area contributed by atoms with Crippen molar-refractivity contribution in [2.24, 2.45) is 0 Å². The van der Waals surface area contributed by atoms with Crippen LogP contribution in [0.4, 0.5) is 31.8 Å². The summed E-state index contributed by atoms with van der Waals surface area (Å²) < 4.78 is 34.4. The van der Waals surface area contributed by atoms with Crippen LogP contribution in [0.5, 0.6) is 5.75 Å². The van der Waals surface area contributed by atoms with Crippen molar-refractivity contribution >= 4 is 23.0 Å². The average Bonchev–Trinajstić information content (AvgIpc) is 3.53. The number of hydroxylamine groups is 1. The first-order valence-electron chi connectivity index (χ1n) is 15.3. The maximum absolute atomic E-state index is 14.6. The van der Waals surface area contributed by atoms with Crippen LogP contribution in [0, 0.1) is 11.6 Å². The lowest BCUT2D eigenvalue weighted by atomic mass is 9.99. The zero-order chi connectivity index (χ0) is 29.9. The van der Waals surface area contributed by atoms with Crippen LogP contribution in [-0.2, 0) is 11.3 Å². The van der Waals surface area contributed by atoms with Gasteiger partial charge >= 0.3 is 0 Å². The molecular weight excluding hydrogens is 552 g/mol. The first-order chi connectivity index (χ1) is 20.9. The highest BCUT2D eigenvalue weighted by Crippen LogP contribution is 2.39. The number of aromatic nitrogens is 2. The summed E-state index contributed by atoms with van der Waals surface area (Å²) in [6.45, 7) is 9.21. The Morgan fingerprint density at radius 3 is 2.51 bits per heavy atom. The maximum atomic E-state index is 14.6. The summed E-state index contributed by atoms with van der Waals surface area (Å²) in [6.07, 6.45) is 5.15. The second-order valence-electron chi connectivity index (χ2n) is 11.6. The average molecular weight is 594 g/mol. The molecule has 9 nitrogen and oxygen atoms in total. The van der Waals surface area contributed by atoms with Gasteiger partial charge in [0.15, 0.2) is 5.82 Å². The maximum Gasteiger partial charge on any atom is 0.158 e. The molecule has 11 heteroatoms. The zero-order valence-electron chi connectivity index (χ0n) is 25.2. The third-order valence-corrected chi connectivity index (χ3v) is 9.00. The van der Waals surface area contributed by atoms with E-state index in [4.69, 9.17) is 9.57 Å². The number of benzene rings is 2. The normalized spacial score (nSPS) is 20.5. The standard InChI is InChI=1S/C32H41F2N7O2/c1-4-22-17-27(30(42-3)19-29(22)40-10-7-24(8-11-40)39-14-12-38(2)13-15-39)37-31-20-32(36-21-35-31)41-28(9-16-43-41)25-18-23(33)5-6-26(25)34/h5-6,17-21,24,28H,4,7-16H2,1-3H3,(H,35,36,37). The van der Waals surface area contributed by atoms with Crippen LogP contribution in [0.25, 0.3) is 0 Å². The number of hydrogen-bond donors (Lipinski definition) is 1. The Bertz CT molecular complexity index is 1410. The number of halogens is 2. The molecule has 0 saturated carbocycles. The molecular formula is C32H41F2N7O2. The summed E-state index contributed by atoms with van der Waals surface area (Å²) in [5.74, 6) is 0.758. The summed E-state index contributed by atoms with van der Waals surface area (Å²) in [7, 11) is 3.88. The summed E-state index contributed by atoms with van der Waals surface area (Å²) in [6, 6.07) is 9.65. The van der Waals surface area contributed by atoms with Gasteiger partial charge in [0.1, 0.15) is 29.5 Å². The molecule has 1 aromatic heterocycles. The van der Waals surface area contributed by atoms with E-state index in [0.29, 0.717) is 30.7 Å². The van der Waals surface area contributed by atoms with Crippen LogP contribution in [0.15, 0.2) is 42.7 Å². The Hall–Kier alpha value is -3.54. The van der Waals surface area contributed by atoms with Crippen molar-refractivity contribution in [1.29, 1.82) is 0 Å². The van der Waals surface area contributed by atoms with Crippen LogP contribution in [0.1, 0.15) is 43.4 Å². The molecule has 6 rings (SSSR count). The molecule has 0 amide bonds. The third-order valence-electron chi connectivity index (χ3n) is 9.00. The van der Waals surface area contributed by atoms with Crippen LogP contribution >= 0.6 is 0 Å². The van der Waals surface area contributed by atoms with E-state index in [1.807, 2.05) is 0 Å². The molecule has 1 atom stereocenters. The molecule has 3 aliphatic rings. The first kappa shape index (κ1) is 29.5. The molecule has 4 heterocycles. The fourth-order valence-electron chi connectivity index (χ4n) is 6.54. The summed E-state index contributed by atoms with van der Waals surface area (Å²) in [4.78, 5) is 22.2. The van der Waals surface area contributed by atoms with Crippen molar-refractivity contribution in [2.45, 2.75) is 44.7 Å². The minimum atomic E-state index is -0.501. The van der Waals surface area contributed by atoms with Crippen molar-refractivity contribution in [3.05, 3.63) is 65.5 Å². The van der Waals surface area contributed by atoms with Gasteiger partial charge in [-0.25, -0.2) is 23.8 Å². The predicted molar refractivity (Wildman–Crippen MR) is 164 cm³/mol. The van der Waals surface area contributed by atoms with Crippen LogP contribution < -0.4 is 20.0 Å². The van der Waals surface area contributed by atoms with Crippen molar-refractivity contribution in [3.63, 3.8) is 0 Å². The Morgan fingerprint density at radius 1 is 0.977 bits per heavy atom. The number of methoxy groups -OCH3 is 1. The number of ether oxygens (including phenoxy) is 1. The molecule has 3 fully saturated rings. The monoisotopic (exact) mass is 593 g/mol. The summed E-state index contributed by atoms with van der Waals surface area (Å²) in [5.41, 5.74) is 3.49. The quantitative estimate of drug-likeness (QED) is 0.381. The van der Waals surface area contributed by atoms with Crippen molar-refractivity contribution < 1.29 is 18.4 Å². The highest BCUT2D eigenvalue weighted by molar-refractivity contribution is 5.73. The summed E-state index contributed by atoms with van der Waals surface area (Å²) >= 11 is 0. The van der Waals surface area contributed by atoms with Gasteiger partial charge in [0.25, 0.3) is 0 Å². The number of rotatable bonds is 8. The van der Waals surface area contributed by atoms with E-state index in [2.05, 4.69) is 56.1 Å². The van der Waals surface area contributed by atoms with Gasteiger partial charge in [-0.15, -0.1) is 0 Å². The number of aryl methyl sites for hydroxylation is 1. The molecule has 0 spiro atoms. The third kappa shape index (κ3) is 6.39. The number of nitrogens with zero attached hydrogens (tertiary/aromatic N) is 6. The molecule has 1 unspecified atom stereocenters. The number of hydrogen-bond acceptors (Lipinski definition) is 9. The highest BCUT2D eigenvalue weighted by Gasteiger charge is 2.32. The minimum Gasteiger partial charge on any atom is -0.494 e. The van der Waals surface area contributed by atoms with Crippen molar-refractivity contribution in [3.8, 4) is 5.75 Å². The lowest BCUT2D eigenvalue weighted by molar-refractivity contribution is 0.0982. The van der Waals surface area contributed by atoms with E-state index in [-0.39, 0.29) is 5.56 Å². The Labute approximate surface area is 252 Å². The van der Waals surface area contributed by atoms with Gasteiger partial charge in [0.2, 0.25) is 0 Å². The Balaban J connectivity index is 1.18. The second kappa shape index (κ2) is 13.0. The lowest BCUT2D eigenvalue weighted by Gasteiger charge is -2.43. The fraction of sp³-hybridized carbons (Fsp3) is 0.500. The molecule has 3 saturated heterocycles. The van der Waals surface area contributed by atoms with E-state index >= 15 is 0 Å². The minimum absolute atomic E-state index is 0.239. The Kier molecular flexibility index (Phi) is 8.92. The fourth-order valence-corrected chi connectivity index (χ4v) is 6.54. The van der Waals surface area contributed by atoms with Crippen LogP contribution in [0.2, 0.25) is 0 Å². The second-order valence-corrected chi connectivity index (χ2v) is 11.6. The van der Waals surface area contributed by atoms with Gasteiger partial charge in [0, 0.05) is 75.1 Å². The van der Waals surface area contributed by atoms with E-state index in [9.17, 15) is 8.78 Å². The number of anilines is 4. The zero-order valence-corrected chi connectivity index (χ0v) is 25.2. The molecule has 3 aliphatic heterocycles. The SMILES string of the molecule is CCc1cc(Nc2cc(N3OCCC3c3cc(F)ccc3F)ncn2)c(OC)cc1N1CCC(N2CCN(C)CC2)CC1. The first-order valence-corrected chi connectivity index (χ1v) is 15.3. The topological polar surface area (TPSA) is 69.2 Å². The molecule has 1 N–H and O–H groups in total. The van der Waals surface area contributed by atoms with Crippen molar-refractivity contribution in [2.75, 3.05) is 75.3 Å². The highest BCUT2D eigenvalue weighted by atomic mass is 19.1. The molecule has 0 radical (unpaired) electrons. The molecule has 0 bridgehead atoms. The van der Waals surface area contributed by atoms with Crippen molar-refractivity contribution in [1.82, 2.24) is 19.8 Å². The number of piperidine rings is 1. The van der Waals surface area contributed by atoms with Gasteiger partial charge in [-0.1, -0.05) is 6.92 Å². The predicted octanol–water partition coefficient (Wildman–Crippen LogP) is 5.17. The lowest BCUT2D eigenvalue weighted by Crippen LogP contribution is -2.52. The molecule has 230 valence electrons. The smallest absolute Gasteiger partial charge is 0.158 e.